The van der Waals surface area contributed by atoms with Crippen LogP contribution in [-0.2, 0) is 14.8 Å². The Labute approximate surface area is 151 Å². The van der Waals surface area contributed by atoms with E-state index in [4.69, 9.17) is 0 Å². The van der Waals surface area contributed by atoms with E-state index in [0.717, 1.165) is 11.0 Å². The lowest BCUT2D eigenvalue weighted by Gasteiger charge is -2.33. The molecule has 6 nitrogen and oxygen atoms in total. The second kappa shape index (κ2) is 7.11. The highest BCUT2D eigenvalue weighted by Gasteiger charge is 2.38. The molecule has 2 aliphatic rings. The number of sulfonamides is 1. The minimum Gasteiger partial charge on any atom is -0.340 e. The Hall–Kier alpha value is -0.960. The van der Waals surface area contributed by atoms with E-state index in [2.05, 4.69) is 28.2 Å². The van der Waals surface area contributed by atoms with Crippen LogP contribution >= 0.6 is 15.9 Å². The maximum absolute atomic E-state index is 12.8. The summed E-state index contributed by atoms with van der Waals surface area (Å²) in [6.45, 7) is 4.89. The summed E-state index contributed by atoms with van der Waals surface area (Å²) in [6.07, 6.45) is 0.588. The predicted octanol–water partition coefficient (Wildman–Crippen LogP) is 1.28. The van der Waals surface area contributed by atoms with Gasteiger partial charge < -0.3 is 10.2 Å². The molecule has 1 amide bonds. The third kappa shape index (κ3) is 3.66. The standard InChI is InChI=1S/C16H22BrN3O3S/c1-12-10-19(8-6-18-12)16(21)13-5-7-20(11-13)24(22,23)15-4-2-3-14(17)9-15/h2-4,9,12-13,18H,5-8,10-11H2,1H3/t12-,13?/m0/s1. The molecule has 2 saturated heterocycles. The monoisotopic (exact) mass is 415 g/mol. The molecule has 8 heteroatoms. The van der Waals surface area contributed by atoms with Gasteiger partial charge in [-0.25, -0.2) is 8.42 Å². The first-order valence-corrected chi connectivity index (χ1v) is 10.4. The van der Waals surface area contributed by atoms with Gasteiger partial charge in [0.05, 0.1) is 10.8 Å². The number of carbonyl (C=O) groups is 1. The molecule has 0 radical (unpaired) electrons. The van der Waals surface area contributed by atoms with Gasteiger partial charge in [-0.05, 0) is 31.5 Å². The van der Waals surface area contributed by atoms with Crippen LogP contribution in [0.3, 0.4) is 0 Å². The number of hydrogen-bond donors (Lipinski definition) is 1. The summed E-state index contributed by atoms with van der Waals surface area (Å²) >= 11 is 3.31. The summed E-state index contributed by atoms with van der Waals surface area (Å²) in [7, 11) is -3.55. The molecule has 3 rings (SSSR count). The number of nitrogens with zero attached hydrogens (tertiary/aromatic N) is 2. The first kappa shape index (κ1) is 17.8. The van der Waals surface area contributed by atoms with Crippen molar-refractivity contribution in [3.63, 3.8) is 0 Å². The van der Waals surface area contributed by atoms with Crippen molar-refractivity contribution in [3.05, 3.63) is 28.7 Å². The third-order valence-electron chi connectivity index (χ3n) is 4.61. The molecule has 132 valence electrons. The summed E-state index contributed by atoms with van der Waals surface area (Å²) in [5.74, 6) is -0.160. The van der Waals surface area contributed by atoms with E-state index in [0.29, 0.717) is 26.1 Å². The Morgan fingerprint density at radius 3 is 2.79 bits per heavy atom. The van der Waals surface area contributed by atoms with Crippen LogP contribution in [0.2, 0.25) is 0 Å². The highest BCUT2D eigenvalue weighted by atomic mass is 79.9. The summed E-state index contributed by atoms with van der Waals surface area (Å²) in [5, 5.41) is 3.31. The smallest absolute Gasteiger partial charge is 0.243 e. The number of nitrogens with one attached hydrogen (secondary N) is 1. The SMILES string of the molecule is C[C@H]1CN(C(=O)C2CCN(S(=O)(=O)c3cccc(Br)c3)C2)CCN1. The second-order valence-corrected chi connectivity index (χ2v) is 9.30. The lowest BCUT2D eigenvalue weighted by molar-refractivity contribution is -0.136. The fourth-order valence-corrected chi connectivity index (χ4v) is 5.41. The number of piperazine rings is 1. The van der Waals surface area contributed by atoms with Crippen LogP contribution in [0.4, 0.5) is 0 Å². The van der Waals surface area contributed by atoms with E-state index < -0.39 is 10.0 Å². The predicted molar refractivity (Wildman–Crippen MR) is 95.1 cm³/mol. The lowest BCUT2D eigenvalue weighted by atomic mass is 10.1. The normalized spacial score (nSPS) is 25.8. The molecule has 2 fully saturated rings. The molecule has 0 bridgehead atoms. The van der Waals surface area contributed by atoms with Crippen molar-refractivity contribution in [2.45, 2.75) is 24.3 Å². The van der Waals surface area contributed by atoms with Gasteiger partial charge in [-0.2, -0.15) is 4.31 Å². The van der Waals surface area contributed by atoms with Crippen LogP contribution in [0.1, 0.15) is 13.3 Å². The Morgan fingerprint density at radius 2 is 2.08 bits per heavy atom. The van der Waals surface area contributed by atoms with Crippen LogP contribution in [0.25, 0.3) is 0 Å². The summed E-state index contributed by atoms with van der Waals surface area (Å²) in [6, 6.07) is 6.97. The van der Waals surface area contributed by atoms with Crippen LogP contribution < -0.4 is 5.32 Å². The van der Waals surface area contributed by atoms with Gasteiger partial charge in [-0.3, -0.25) is 4.79 Å². The van der Waals surface area contributed by atoms with Gasteiger partial charge in [0.2, 0.25) is 15.9 Å². The Bertz CT molecular complexity index is 725. The molecule has 0 saturated carbocycles. The van der Waals surface area contributed by atoms with Gasteiger partial charge in [0, 0.05) is 43.2 Å². The highest BCUT2D eigenvalue weighted by molar-refractivity contribution is 9.10. The van der Waals surface area contributed by atoms with E-state index in [1.54, 1.807) is 24.3 Å². The average molecular weight is 416 g/mol. The quantitative estimate of drug-likeness (QED) is 0.806. The molecular weight excluding hydrogens is 394 g/mol. The van der Waals surface area contributed by atoms with Crippen molar-refractivity contribution < 1.29 is 13.2 Å². The fourth-order valence-electron chi connectivity index (χ4n) is 3.32. The summed E-state index contributed by atoms with van der Waals surface area (Å²) in [4.78, 5) is 14.8. The van der Waals surface area contributed by atoms with Crippen molar-refractivity contribution in [1.29, 1.82) is 0 Å². The number of benzene rings is 1. The zero-order chi connectivity index (χ0) is 17.3. The largest absolute Gasteiger partial charge is 0.340 e. The Morgan fingerprint density at radius 1 is 1.29 bits per heavy atom. The molecule has 0 aromatic heterocycles. The molecule has 1 unspecified atom stereocenters. The first-order chi connectivity index (χ1) is 11.4. The van der Waals surface area contributed by atoms with Crippen molar-refractivity contribution >= 4 is 31.9 Å². The Kier molecular flexibility index (Phi) is 5.29. The zero-order valence-electron chi connectivity index (χ0n) is 13.6. The van der Waals surface area contributed by atoms with Crippen LogP contribution in [0.5, 0.6) is 0 Å². The zero-order valence-corrected chi connectivity index (χ0v) is 16.0. The number of hydrogen-bond acceptors (Lipinski definition) is 4. The minimum atomic E-state index is -3.55. The molecule has 2 aliphatic heterocycles. The number of carbonyl (C=O) groups excluding carboxylic acids is 1. The topological polar surface area (TPSA) is 69.7 Å². The van der Waals surface area contributed by atoms with E-state index >= 15 is 0 Å². The molecule has 0 spiro atoms. The molecule has 2 heterocycles. The average Bonchev–Trinajstić information content (AvgIpc) is 3.05. The van der Waals surface area contributed by atoms with Gasteiger partial charge in [-0.1, -0.05) is 22.0 Å². The Balaban J connectivity index is 1.69. The van der Waals surface area contributed by atoms with Gasteiger partial charge in [0.15, 0.2) is 0 Å². The summed E-state index contributed by atoms with van der Waals surface area (Å²) < 4.78 is 27.7. The molecule has 1 N–H and O–H groups in total. The van der Waals surface area contributed by atoms with E-state index in [1.165, 1.54) is 4.31 Å². The maximum atomic E-state index is 12.8. The number of amides is 1. The fraction of sp³-hybridized carbons (Fsp3) is 0.562. The van der Waals surface area contributed by atoms with Gasteiger partial charge in [-0.15, -0.1) is 0 Å². The van der Waals surface area contributed by atoms with E-state index in [9.17, 15) is 13.2 Å². The second-order valence-electron chi connectivity index (χ2n) is 6.45. The molecule has 1 aromatic carbocycles. The first-order valence-electron chi connectivity index (χ1n) is 8.16. The van der Waals surface area contributed by atoms with Crippen LogP contribution in [0, 0.1) is 5.92 Å². The van der Waals surface area contributed by atoms with Crippen LogP contribution in [-0.4, -0.2) is 62.3 Å². The highest BCUT2D eigenvalue weighted by Crippen LogP contribution is 2.27. The number of halogens is 1. The molecule has 1 aromatic rings. The molecular formula is C16H22BrN3O3S. The summed E-state index contributed by atoms with van der Waals surface area (Å²) in [5.41, 5.74) is 0. The molecule has 2 atom stereocenters. The number of rotatable bonds is 3. The minimum absolute atomic E-state index is 0.0790. The molecule has 24 heavy (non-hydrogen) atoms. The van der Waals surface area contributed by atoms with Gasteiger partial charge in [0.1, 0.15) is 0 Å². The van der Waals surface area contributed by atoms with Crippen molar-refractivity contribution in [2.75, 3.05) is 32.7 Å². The van der Waals surface area contributed by atoms with Crippen molar-refractivity contribution in [2.24, 2.45) is 5.92 Å². The van der Waals surface area contributed by atoms with Gasteiger partial charge >= 0.3 is 0 Å². The maximum Gasteiger partial charge on any atom is 0.243 e. The van der Waals surface area contributed by atoms with E-state index in [-0.39, 0.29) is 29.3 Å². The third-order valence-corrected chi connectivity index (χ3v) is 6.97. The lowest BCUT2D eigenvalue weighted by Crippen LogP contribution is -2.53. The molecule has 0 aliphatic carbocycles. The van der Waals surface area contributed by atoms with E-state index in [1.807, 2.05) is 4.90 Å². The van der Waals surface area contributed by atoms with Crippen LogP contribution in [0.15, 0.2) is 33.6 Å². The van der Waals surface area contributed by atoms with Crippen molar-refractivity contribution in [3.8, 4) is 0 Å². The van der Waals surface area contributed by atoms with Crippen molar-refractivity contribution in [1.82, 2.24) is 14.5 Å². The van der Waals surface area contributed by atoms with Gasteiger partial charge in [0.25, 0.3) is 0 Å².